The molecule has 0 spiro atoms. The van der Waals surface area contributed by atoms with Crippen LogP contribution < -0.4 is 0 Å². The summed E-state index contributed by atoms with van der Waals surface area (Å²) < 4.78 is 1.50. The van der Waals surface area contributed by atoms with Crippen LogP contribution in [-0.4, -0.2) is 9.55 Å². The molecule has 1 aromatic rings. The monoisotopic (exact) mass is 111 g/mol. The van der Waals surface area contributed by atoms with Crippen molar-refractivity contribution in [3.8, 4) is 0 Å². The highest BCUT2D eigenvalue weighted by atomic mass is 16.3. The van der Waals surface area contributed by atoms with Crippen molar-refractivity contribution < 1.29 is 5.11 Å². The average Bonchev–Trinajstić information content (AvgIpc) is 2.12. The first-order valence-electron chi connectivity index (χ1n) is 2.44. The lowest BCUT2D eigenvalue weighted by Gasteiger charge is -1.98. The zero-order valence-electron chi connectivity index (χ0n) is 4.61. The van der Waals surface area contributed by atoms with Crippen molar-refractivity contribution in [2.45, 2.75) is 13.2 Å². The molecule has 0 amide bonds. The first-order chi connectivity index (χ1) is 3.80. The van der Waals surface area contributed by atoms with Crippen molar-refractivity contribution in [3.05, 3.63) is 18.7 Å². The molecule has 0 fully saturated rings. The Balaban J connectivity index is 2.77. The van der Waals surface area contributed by atoms with Gasteiger partial charge in [0, 0.05) is 12.4 Å². The number of aromatic nitrogens is 2. The van der Waals surface area contributed by atoms with Gasteiger partial charge in [-0.2, -0.15) is 0 Å². The van der Waals surface area contributed by atoms with Gasteiger partial charge in [0.15, 0.2) is 6.23 Å². The highest BCUT2D eigenvalue weighted by molar-refractivity contribution is 4.74. The van der Waals surface area contributed by atoms with Crippen LogP contribution in [0.25, 0.3) is 0 Å². The molecule has 0 aliphatic rings. The molecule has 43 valence electrons. The molecule has 1 rings (SSSR count). The normalized spacial score (nSPS) is 13.8. The third-order valence-electron chi connectivity index (χ3n) is 0.945. The summed E-state index contributed by atoms with van der Waals surface area (Å²) >= 11 is 0. The van der Waals surface area contributed by atoms with Crippen molar-refractivity contribution in [3.63, 3.8) is 0 Å². The lowest BCUT2D eigenvalue weighted by atomic mass is 10.6. The number of hydrogen-bond acceptors (Lipinski definition) is 1. The minimum Gasteiger partial charge on any atom is -0.308 e. The van der Waals surface area contributed by atoms with Crippen LogP contribution in [0.1, 0.15) is 13.2 Å². The number of imidazole rings is 1. The van der Waals surface area contributed by atoms with Gasteiger partial charge in [-0.3, -0.25) is 0 Å². The van der Waals surface area contributed by atoms with Gasteiger partial charge in [-0.25, -0.2) is 10.1 Å². The molecule has 3 nitrogen and oxygen atoms in total. The zero-order chi connectivity index (χ0) is 5.98. The molecule has 1 aromatic heterocycles. The van der Waals surface area contributed by atoms with Crippen molar-refractivity contribution in [2.24, 2.45) is 0 Å². The topological polar surface area (TPSA) is 37.7 Å². The highest BCUT2D eigenvalue weighted by Gasteiger charge is 1.95. The van der Waals surface area contributed by atoms with E-state index in [2.05, 4.69) is 4.98 Å². The second-order valence-corrected chi connectivity index (χ2v) is 1.61. The van der Waals surface area contributed by atoms with Crippen LogP contribution >= 0.6 is 0 Å². The van der Waals surface area contributed by atoms with Gasteiger partial charge in [-0.1, -0.05) is 0 Å². The third kappa shape index (κ3) is 0.869. The number of hydrogen-bond donors (Lipinski definition) is 0. The summed E-state index contributed by atoms with van der Waals surface area (Å²) in [7, 11) is 0. The van der Waals surface area contributed by atoms with E-state index in [9.17, 15) is 5.11 Å². The molecule has 0 aliphatic heterocycles. The summed E-state index contributed by atoms with van der Waals surface area (Å²) in [5.41, 5.74) is 0. The maximum absolute atomic E-state index is 10.5. The number of nitrogens with zero attached hydrogens (tertiary/aromatic N) is 2. The van der Waals surface area contributed by atoms with Crippen LogP contribution in [0.2, 0.25) is 0 Å². The largest absolute Gasteiger partial charge is 0.308 e. The molecular weight excluding hydrogens is 104 g/mol. The second kappa shape index (κ2) is 1.96. The maximum atomic E-state index is 10.5. The van der Waals surface area contributed by atoms with E-state index >= 15 is 0 Å². The molecule has 3 heteroatoms. The molecule has 1 radical (unpaired) electrons. The van der Waals surface area contributed by atoms with Gasteiger partial charge in [0.1, 0.15) is 0 Å². The van der Waals surface area contributed by atoms with Crippen molar-refractivity contribution in [2.75, 3.05) is 0 Å². The predicted octanol–water partition coefficient (Wildman–Crippen LogP) is 0.832. The first-order valence-corrected chi connectivity index (χ1v) is 2.44. The molecule has 1 heterocycles. The molecule has 0 aromatic carbocycles. The van der Waals surface area contributed by atoms with Gasteiger partial charge in [0.25, 0.3) is 0 Å². The lowest BCUT2D eigenvalue weighted by Crippen LogP contribution is -1.97. The van der Waals surface area contributed by atoms with Crippen LogP contribution in [0.5, 0.6) is 0 Å². The lowest BCUT2D eigenvalue weighted by molar-refractivity contribution is 0.0439. The quantitative estimate of drug-likeness (QED) is 0.529. The fourth-order valence-corrected chi connectivity index (χ4v) is 0.485. The van der Waals surface area contributed by atoms with Crippen molar-refractivity contribution in [1.29, 1.82) is 0 Å². The minimum atomic E-state index is -0.711. The van der Waals surface area contributed by atoms with Gasteiger partial charge in [-0.15, -0.1) is 0 Å². The van der Waals surface area contributed by atoms with E-state index in [-0.39, 0.29) is 0 Å². The summed E-state index contributed by atoms with van der Waals surface area (Å²) in [4.78, 5) is 3.71. The third-order valence-corrected chi connectivity index (χ3v) is 0.945. The van der Waals surface area contributed by atoms with Gasteiger partial charge in [0.05, 0.1) is 6.33 Å². The van der Waals surface area contributed by atoms with E-state index in [4.69, 9.17) is 0 Å². The fourth-order valence-electron chi connectivity index (χ4n) is 0.485. The molecule has 1 atom stereocenters. The van der Waals surface area contributed by atoms with Crippen LogP contribution in [-0.2, 0) is 5.11 Å². The highest BCUT2D eigenvalue weighted by Crippen LogP contribution is 1.97. The van der Waals surface area contributed by atoms with Crippen LogP contribution in [0.4, 0.5) is 0 Å². The average molecular weight is 111 g/mol. The van der Waals surface area contributed by atoms with Gasteiger partial charge in [0.2, 0.25) is 0 Å². The Morgan fingerprint density at radius 2 is 2.50 bits per heavy atom. The Kier molecular flexibility index (Phi) is 1.30. The summed E-state index contributed by atoms with van der Waals surface area (Å²) in [5, 5.41) is 10.5. The molecule has 1 unspecified atom stereocenters. The van der Waals surface area contributed by atoms with Crippen LogP contribution in [0, 0.1) is 0 Å². The van der Waals surface area contributed by atoms with E-state index in [1.807, 2.05) is 0 Å². The predicted molar refractivity (Wildman–Crippen MR) is 27.6 cm³/mol. The Morgan fingerprint density at radius 3 is 2.75 bits per heavy atom. The Hall–Kier alpha value is -0.830. The van der Waals surface area contributed by atoms with Gasteiger partial charge < -0.3 is 4.57 Å². The molecular formula is C5H7N2O. The summed E-state index contributed by atoms with van der Waals surface area (Å²) in [6, 6.07) is 0. The van der Waals surface area contributed by atoms with E-state index < -0.39 is 6.23 Å². The first kappa shape index (κ1) is 5.31. The fraction of sp³-hybridized carbons (Fsp3) is 0.400. The maximum Gasteiger partial charge on any atom is 0.166 e. The van der Waals surface area contributed by atoms with E-state index in [1.165, 1.54) is 10.9 Å². The standard InChI is InChI=1S/C5H7N2O/c1-5(8)7-3-2-6-4-7/h2-5H,1H3. The van der Waals surface area contributed by atoms with E-state index in [0.29, 0.717) is 0 Å². The molecule has 0 aliphatic carbocycles. The molecule has 0 saturated heterocycles. The van der Waals surface area contributed by atoms with Crippen LogP contribution in [0.15, 0.2) is 18.7 Å². The van der Waals surface area contributed by atoms with Crippen molar-refractivity contribution >= 4 is 0 Å². The minimum absolute atomic E-state index is 0.711. The zero-order valence-corrected chi connectivity index (χ0v) is 4.61. The van der Waals surface area contributed by atoms with Gasteiger partial charge >= 0.3 is 0 Å². The van der Waals surface area contributed by atoms with Crippen molar-refractivity contribution in [1.82, 2.24) is 9.55 Å². The second-order valence-electron chi connectivity index (χ2n) is 1.61. The molecule has 0 N–H and O–H groups in total. The van der Waals surface area contributed by atoms with E-state index in [0.717, 1.165) is 0 Å². The van der Waals surface area contributed by atoms with E-state index in [1.54, 1.807) is 19.3 Å². The summed E-state index contributed by atoms with van der Waals surface area (Å²) in [6.45, 7) is 1.57. The molecule has 8 heavy (non-hydrogen) atoms. The SMILES string of the molecule is CC([O])n1ccnc1. The Bertz CT molecular complexity index is 145. The Labute approximate surface area is 47.6 Å². The molecule has 0 saturated carbocycles. The van der Waals surface area contributed by atoms with Crippen LogP contribution in [0.3, 0.4) is 0 Å². The van der Waals surface area contributed by atoms with Gasteiger partial charge in [-0.05, 0) is 6.92 Å². The number of rotatable bonds is 1. The summed E-state index contributed by atoms with van der Waals surface area (Å²) in [6.07, 6.45) is 4.04. The smallest absolute Gasteiger partial charge is 0.166 e. The Morgan fingerprint density at radius 1 is 1.75 bits per heavy atom. The molecule has 0 bridgehead atoms. The summed E-state index contributed by atoms with van der Waals surface area (Å²) in [5.74, 6) is 0.